The second kappa shape index (κ2) is 4.61. The monoisotopic (exact) mass is 264 g/mol. The van der Waals surface area contributed by atoms with E-state index in [-0.39, 0.29) is 6.04 Å². The van der Waals surface area contributed by atoms with Gasteiger partial charge in [-0.05, 0) is 0 Å². The molecular weight excluding hydrogens is 248 g/mol. The average Bonchev–Trinajstić information content (AvgIpc) is 2.81. The van der Waals surface area contributed by atoms with E-state index in [1.807, 2.05) is 0 Å². The summed E-state index contributed by atoms with van der Waals surface area (Å²) in [5.41, 5.74) is 0. The van der Waals surface area contributed by atoms with Crippen molar-refractivity contribution in [2.24, 2.45) is 7.05 Å². The van der Waals surface area contributed by atoms with Crippen LogP contribution in [0.5, 0.6) is 0 Å². The highest BCUT2D eigenvalue weighted by molar-refractivity contribution is 6.35. The lowest BCUT2D eigenvalue weighted by Gasteiger charge is -2.43. The largest absolute Gasteiger partial charge is 0.327 e. The van der Waals surface area contributed by atoms with Crippen LogP contribution in [0.1, 0.15) is 5.82 Å². The predicted octanol–water partition coefficient (Wildman–Crippen LogP) is -2.04. The van der Waals surface area contributed by atoms with Crippen LogP contribution < -0.4 is 5.32 Å². The molecule has 1 unspecified atom stereocenters. The number of piperazine rings is 2. The third kappa shape index (κ3) is 2.07. The van der Waals surface area contributed by atoms with Crippen LogP contribution in [0.3, 0.4) is 0 Å². The maximum Gasteiger partial charge on any atom is 0.312 e. The van der Waals surface area contributed by atoms with Crippen LogP contribution in [0.2, 0.25) is 0 Å². The van der Waals surface area contributed by atoms with E-state index < -0.39 is 11.8 Å². The molecule has 0 bridgehead atoms. The van der Waals surface area contributed by atoms with Gasteiger partial charge in [-0.25, -0.2) is 4.98 Å². The number of carbonyl (C=O) groups is 2. The van der Waals surface area contributed by atoms with Gasteiger partial charge in [0.1, 0.15) is 12.2 Å². The lowest BCUT2D eigenvalue weighted by Crippen LogP contribution is -2.65. The van der Waals surface area contributed by atoms with Crippen LogP contribution >= 0.6 is 0 Å². The first-order valence-electron chi connectivity index (χ1n) is 6.30. The van der Waals surface area contributed by atoms with E-state index in [0.717, 1.165) is 13.1 Å². The molecule has 2 aliphatic heterocycles. The number of carbonyl (C=O) groups excluding carboxylic acids is 2. The van der Waals surface area contributed by atoms with E-state index in [0.29, 0.717) is 25.5 Å². The number of hydrogen-bond acceptors (Lipinski definition) is 5. The van der Waals surface area contributed by atoms with Crippen molar-refractivity contribution in [1.82, 2.24) is 29.9 Å². The summed E-state index contributed by atoms with van der Waals surface area (Å²) in [5.74, 6) is -0.167. The minimum Gasteiger partial charge on any atom is -0.327 e. The fourth-order valence-corrected chi connectivity index (χ4v) is 2.56. The van der Waals surface area contributed by atoms with Gasteiger partial charge >= 0.3 is 11.8 Å². The van der Waals surface area contributed by atoms with E-state index in [2.05, 4.69) is 15.4 Å². The zero-order chi connectivity index (χ0) is 13.4. The number of amides is 2. The van der Waals surface area contributed by atoms with Crippen molar-refractivity contribution in [1.29, 1.82) is 0 Å². The standard InChI is InChI=1S/C11H16N6O2/c1-15-9(13-7-14-15)6-16-5-8-4-12-2-3-17(8)11(19)10(16)18/h7-8,12H,2-6H2,1H3. The highest BCUT2D eigenvalue weighted by Crippen LogP contribution is 2.15. The number of nitrogens with zero attached hydrogens (tertiary/aromatic N) is 5. The molecule has 2 fully saturated rings. The van der Waals surface area contributed by atoms with Crippen molar-refractivity contribution in [2.45, 2.75) is 12.6 Å². The maximum atomic E-state index is 12.1. The molecule has 0 aliphatic carbocycles. The molecule has 0 aromatic carbocycles. The van der Waals surface area contributed by atoms with E-state index in [4.69, 9.17) is 0 Å². The molecule has 3 heterocycles. The molecule has 0 saturated carbocycles. The summed E-state index contributed by atoms with van der Waals surface area (Å²) in [6.07, 6.45) is 1.44. The fourth-order valence-electron chi connectivity index (χ4n) is 2.56. The first-order valence-corrected chi connectivity index (χ1v) is 6.30. The quantitative estimate of drug-likeness (QED) is 0.622. The van der Waals surface area contributed by atoms with Crippen LogP contribution in [0.4, 0.5) is 0 Å². The maximum absolute atomic E-state index is 12.1. The minimum absolute atomic E-state index is 0.0622. The Morgan fingerprint density at radius 3 is 3.00 bits per heavy atom. The fraction of sp³-hybridized carbons (Fsp3) is 0.636. The van der Waals surface area contributed by atoms with Gasteiger partial charge in [0, 0.05) is 33.2 Å². The Hall–Kier alpha value is -1.96. The Balaban J connectivity index is 1.77. The molecule has 2 aliphatic rings. The molecule has 8 nitrogen and oxygen atoms in total. The van der Waals surface area contributed by atoms with Gasteiger partial charge < -0.3 is 15.1 Å². The molecule has 1 aromatic rings. The van der Waals surface area contributed by atoms with E-state index in [9.17, 15) is 9.59 Å². The van der Waals surface area contributed by atoms with Crippen LogP contribution in [0, 0.1) is 0 Å². The van der Waals surface area contributed by atoms with Gasteiger partial charge in [-0.1, -0.05) is 0 Å². The molecule has 102 valence electrons. The lowest BCUT2D eigenvalue weighted by molar-refractivity contribution is -0.160. The highest BCUT2D eigenvalue weighted by Gasteiger charge is 2.40. The second-order valence-electron chi connectivity index (χ2n) is 4.84. The summed E-state index contributed by atoms with van der Waals surface area (Å²) >= 11 is 0. The van der Waals surface area contributed by atoms with Gasteiger partial charge in [0.05, 0.1) is 12.6 Å². The summed E-state index contributed by atoms with van der Waals surface area (Å²) in [7, 11) is 1.77. The SMILES string of the molecule is Cn1ncnc1CN1CC2CNCCN2C(=O)C1=O. The third-order valence-electron chi connectivity index (χ3n) is 3.65. The number of hydrogen-bond donors (Lipinski definition) is 1. The lowest BCUT2D eigenvalue weighted by atomic mass is 10.1. The average molecular weight is 264 g/mol. The summed E-state index contributed by atoms with van der Waals surface area (Å²) in [6, 6.07) is 0.0622. The smallest absolute Gasteiger partial charge is 0.312 e. The van der Waals surface area contributed by atoms with Gasteiger partial charge in [-0.15, -0.1) is 0 Å². The Bertz CT molecular complexity index is 513. The predicted molar refractivity (Wildman–Crippen MR) is 64.8 cm³/mol. The summed E-state index contributed by atoms with van der Waals surface area (Å²) in [6.45, 7) is 2.95. The first-order chi connectivity index (χ1) is 9.16. The summed E-state index contributed by atoms with van der Waals surface area (Å²) in [4.78, 5) is 31.4. The third-order valence-corrected chi connectivity index (χ3v) is 3.65. The Morgan fingerprint density at radius 2 is 2.26 bits per heavy atom. The topological polar surface area (TPSA) is 83.4 Å². The van der Waals surface area contributed by atoms with E-state index >= 15 is 0 Å². The van der Waals surface area contributed by atoms with Gasteiger partial charge in [-0.3, -0.25) is 14.3 Å². The Morgan fingerprint density at radius 1 is 1.42 bits per heavy atom. The van der Waals surface area contributed by atoms with Crippen molar-refractivity contribution in [2.75, 3.05) is 26.2 Å². The second-order valence-corrected chi connectivity index (χ2v) is 4.84. The van der Waals surface area contributed by atoms with Crippen molar-refractivity contribution >= 4 is 11.8 Å². The van der Waals surface area contributed by atoms with Crippen LogP contribution in [0.15, 0.2) is 6.33 Å². The Kier molecular flexibility index (Phi) is 2.94. The number of aromatic nitrogens is 3. The Labute approximate surface area is 110 Å². The normalized spacial score (nSPS) is 23.7. The molecule has 3 rings (SSSR count). The molecule has 1 aromatic heterocycles. The summed E-state index contributed by atoms with van der Waals surface area (Å²) in [5, 5.41) is 7.21. The van der Waals surface area contributed by atoms with Crippen LogP contribution in [0.25, 0.3) is 0 Å². The van der Waals surface area contributed by atoms with Crippen molar-refractivity contribution < 1.29 is 9.59 Å². The number of rotatable bonds is 2. The number of nitrogens with one attached hydrogen (secondary N) is 1. The van der Waals surface area contributed by atoms with E-state index in [1.165, 1.54) is 6.33 Å². The number of fused-ring (bicyclic) bond motifs is 1. The van der Waals surface area contributed by atoms with Gasteiger partial charge in [0.25, 0.3) is 0 Å². The molecule has 8 heteroatoms. The van der Waals surface area contributed by atoms with Crippen molar-refractivity contribution in [3.05, 3.63) is 12.2 Å². The van der Waals surface area contributed by atoms with Crippen LogP contribution in [-0.4, -0.2) is 68.6 Å². The minimum atomic E-state index is -0.443. The van der Waals surface area contributed by atoms with Gasteiger partial charge in [-0.2, -0.15) is 5.10 Å². The first kappa shape index (κ1) is 12.1. The molecule has 2 saturated heterocycles. The molecule has 1 N–H and O–H groups in total. The molecule has 0 radical (unpaired) electrons. The van der Waals surface area contributed by atoms with Crippen molar-refractivity contribution in [3.8, 4) is 0 Å². The van der Waals surface area contributed by atoms with Crippen molar-refractivity contribution in [3.63, 3.8) is 0 Å². The van der Waals surface area contributed by atoms with Crippen LogP contribution in [-0.2, 0) is 23.2 Å². The van der Waals surface area contributed by atoms with E-state index in [1.54, 1.807) is 21.5 Å². The molecule has 19 heavy (non-hydrogen) atoms. The van der Waals surface area contributed by atoms with Gasteiger partial charge in [0.2, 0.25) is 0 Å². The van der Waals surface area contributed by atoms with Gasteiger partial charge in [0.15, 0.2) is 0 Å². The molecular formula is C11H16N6O2. The molecule has 0 spiro atoms. The zero-order valence-electron chi connectivity index (χ0n) is 10.7. The number of aryl methyl sites for hydroxylation is 1. The zero-order valence-corrected chi connectivity index (χ0v) is 10.7. The summed E-state index contributed by atoms with van der Waals surface area (Å²) < 4.78 is 1.61. The molecule has 2 amide bonds. The molecule has 1 atom stereocenters. The highest BCUT2D eigenvalue weighted by atomic mass is 16.2.